The highest BCUT2D eigenvalue weighted by molar-refractivity contribution is 5.61. The lowest BCUT2D eigenvalue weighted by Crippen LogP contribution is -2.42. The standard InChI is InChI=1S/C12H21N5O2/c1-9(7-17-3-5-19-6-4-17)16-12-10(18-2)11(13)14-8-15-12/h8-9H,3-7H2,1-2H3,(H3,13,14,15,16). The molecule has 0 aliphatic carbocycles. The highest BCUT2D eigenvalue weighted by Gasteiger charge is 2.16. The van der Waals surface area contributed by atoms with E-state index in [1.54, 1.807) is 7.11 Å². The second-order valence-electron chi connectivity index (χ2n) is 4.60. The molecule has 7 heteroatoms. The lowest BCUT2D eigenvalue weighted by atomic mass is 10.3. The molecule has 0 saturated carbocycles. The van der Waals surface area contributed by atoms with Gasteiger partial charge in [-0.05, 0) is 6.92 Å². The molecule has 1 unspecified atom stereocenters. The van der Waals surface area contributed by atoms with Crippen LogP contribution in [-0.4, -0.2) is 60.9 Å². The number of hydrogen-bond acceptors (Lipinski definition) is 7. The summed E-state index contributed by atoms with van der Waals surface area (Å²) in [6.45, 7) is 6.57. The molecule has 0 spiro atoms. The first-order valence-corrected chi connectivity index (χ1v) is 6.41. The fourth-order valence-corrected chi connectivity index (χ4v) is 2.14. The summed E-state index contributed by atoms with van der Waals surface area (Å²) in [6.07, 6.45) is 1.43. The van der Waals surface area contributed by atoms with E-state index in [9.17, 15) is 0 Å². The molecule has 2 heterocycles. The Morgan fingerprint density at radius 2 is 2.21 bits per heavy atom. The molecule has 1 aromatic rings. The fourth-order valence-electron chi connectivity index (χ4n) is 2.14. The average Bonchev–Trinajstić information content (AvgIpc) is 2.40. The van der Waals surface area contributed by atoms with Crippen molar-refractivity contribution in [3.8, 4) is 5.75 Å². The minimum absolute atomic E-state index is 0.237. The maximum atomic E-state index is 5.75. The second-order valence-corrected chi connectivity index (χ2v) is 4.60. The van der Waals surface area contributed by atoms with Crippen LogP contribution in [0.5, 0.6) is 5.75 Å². The van der Waals surface area contributed by atoms with Gasteiger partial charge in [-0.1, -0.05) is 0 Å². The van der Waals surface area contributed by atoms with Crippen molar-refractivity contribution in [2.75, 3.05) is 51.0 Å². The molecule has 1 aliphatic rings. The van der Waals surface area contributed by atoms with Crippen molar-refractivity contribution in [2.45, 2.75) is 13.0 Å². The lowest BCUT2D eigenvalue weighted by Gasteiger charge is -2.29. The Hall–Kier alpha value is -1.60. The monoisotopic (exact) mass is 267 g/mol. The van der Waals surface area contributed by atoms with Gasteiger partial charge in [-0.25, -0.2) is 9.97 Å². The Morgan fingerprint density at radius 3 is 2.89 bits per heavy atom. The van der Waals surface area contributed by atoms with Crippen molar-refractivity contribution in [1.82, 2.24) is 14.9 Å². The van der Waals surface area contributed by atoms with Gasteiger partial charge in [0.05, 0.1) is 20.3 Å². The highest BCUT2D eigenvalue weighted by atomic mass is 16.5. The summed E-state index contributed by atoms with van der Waals surface area (Å²) in [7, 11) is 1.56. The van der Waals surface area contributed by atoms with Gasteiger partial charge < -0.3 is 20.5 Å². The Bertz CT molecular complexity index is 409. The zero-order chi connectivity index (χ0) is 13.7. The van der Waals surface area contributed by atoms with E-state index in [1.165, 1.54) is 6.33 Å². The van der Waals surface area contributed by atoms with E-state index >= 15 is 0 Å². The first-order chi connectivity index (χ1) is 9.20. The van der Waals surface area contributed by atoms with Crippen LogP contribution in [0.3, 0.4) is 0 Å². The van der Waals surface area contributed by atoms with Gasteiger partial charge in [0.1, 0.15) is 6.33 Å². The molecule has 3 N–H and O–H groups in total. The zero-order valence-electron chi connectivity index (χ0n) is 11.4. The Labute approximate surface area is 113 Å². The van der Waals surface area contributed by atoms with E-state index in [0.29, 0.717) is 17.4 Å². The van der Waals surface area contributed by atoms with Gasteiger partial charge in [0.25, 0.3) is 0 Å². The number of rotatable bonds is 5. The fraction of sp³-hybridized carbons (Fsp3) is 0.667. The van der Waals surface area contributed by atoms with E-state index in [4.69, 9.17) is 15.2 Å². The van der Waals surface area contributed by atoms with Gasteiger partial charge in [-0.2, -0.15) is 0 Å². The number of anilines is 2. The molecule has 2 rings (SSSR count). The first-order valence-electron chi connectivity index (χ1n) is 6.41. The van der Waals surface area contributed by atoms with Crippen molar-refractivity contribution in [1.29, 1.82) is 0 Å². The first kappa shape index (κ1) is 13.8. The van der Waals surface area contributed by atoms with Crippen LogP contribution in [0, 0.1) is 0 Å². The van der Waals surface area contributed by atoms with E-state index < -0.39 is 0 Å². The van der Waals surface area contributed by atoms with Gasteiger partial charge >= 0.3 is 0 Å². The van der Waals surface area contributed by atoms with Crippen LogP contribution in [0.2, 0.25) is 0 Å². The summed E-state index contributed by atoms with van der Waals surface area (Å²) in [5, 5.41) is 3.31. The number of nitrogen functional groups attached to an aromatic ring is 1. The summed E-state index contributed by atoms with van der Waals surface area (Å²) in [4.78, 5) is 10.4. The molecule has 1 fully saturated rings. The van der Waals surface area contributed by atoms with Crippen molar-refractivity contribution >= 4 is 11.6 Å². The SMILES string of the molecule is COc1c(N)ncnc1NC(C)CN1CCOCC1. The maximum absolute atomic E-state index is 5.75. The zero-order valence-corrected chi connectivity index (χ0v) is 11.4. The minimum atomic E-state index is 0.237. The summed E-state index contributed by atoms with van der Waals surface area (Å²) < 4.78 is 10.6. The number of nitrogens with one attached hydrogen (secondary N) is 1. The molecule has 106 valence electrons. The maximum Gasteiger partial charge on any atom is 0.203 e. The molecule has 0 amide bonds. The van der Waals surface area contributed by atoms with Crippen LogP contribution >= 0.6 is 0 Å². The summed E-state index contributed by atoms with van der Waals surface area (Å²) in [6, 6.07) is 0.237. The molecular weight excluding hydrogens is 246 g/mol. The largest absolute Gasteiger partial charge is 0.490 e. The van der Waals surface area contributed by atoms with Crippen LogP contribution in [0.4, 0.5) is 11.6 Å². The van der Waals surface area contributed by atoms with E-state index in [1.807, 2.05) is 0 Å². The van der Waals surface area contributed by atoms with E-state index in [-0.39, 0.29) is 6.04 Å². The van der Waals surface area contributed by atoms with Crippen LogP contribution in [0.1, 0.15) is 6.92 Å². The smallest absolute Gasteiger partial charge is 0.203 e. The van der Waals surface area contributed by atoms with Gasteiger partial charge in [0.2, 0.25) is 5.75 Å². The van der Waals surface area contributed by atoms with Crippen molar-refractivity contribution < 1.29 is 9.47 Å². The molecule has 0 bridgehead atoms. The molecule has 19 heavy (non-hydrogen) atoms. The van der Waals surface area contributed by atoms with Gasteiger partial charge in [0.15, 0.2) is 11.6 Å². The molecular formula is C12H21N5O2. The summed E-state index contributed by atoms with van der Waals surface area (Å²) >= 11 is 0. The third-order valence-corrected chi connectivity index (χ3v) is 3.05. The van der Waals surface area contributed by atoms with Gasteiger partial charge in [0, 0.05) is 25.7 Å². The van der Waals surface area contributed by atoms with Gasteiger partial charge in [-0.3, -0.25) is 4.90 Å². The highest BCUT2D eigenvalue weighted by Crippen LogP contribution is 2.26. The Balaban J connectivity index is 1.94. The molecule has 0 radical (unpaired) electrons. The quantitative estimate of drug-likeness (QED) is 0.788. The molecule has 1 atom stereocenters. The topological polar surface area (TPSA) is 85.5 Å². The number of nitrogens with zero attached hydrogens (tertiary/aromatic N) is 3. The Kier molecular flexibility index (Phi) is 4.75. The number of ether oxygens (including phenoxy) is 2. The van der Waals surface area contributed by atoms with Crippen molar-refractivity contribution in [3.05, 3.63) is 6.33 Å². The van der Waals surface area contributed by atoms with Crippen molar-refractivity contribution in [3.63, 3.8) is 0 Å². The van der Waals surface area contributed by atoms with Crippen LogP contribution in [-0.2, 0) is 4.74 Å². The number of nitrogens with two attached hydrogens (primary N) is 1. The van der Waals surface area contributed by atoms with Crippen LogP contribution in [0.25, 0.3) is 0 Å². The average molecular weight is 267 g/mol. The lowest BCUT2D eigenvalue weighted by molar-refractivity contribution is 0.0368. The molecule has 7 nitrogen and oxygen atoms in total. The number of methoxy groups -OCH3 is 1. The number of aromatic nitrogens is 2. The predicted molar refractivity (Wildman–Crippen MR) is 73.3 cm³/mol. The number of hydrogen-bond donors (Lipinski definition) is 2. The van der Waals surface area contributed by atoms with Crippen LogP contribution in [0.15, 0.2) is 6.33 Å². The predicted octanol–water partition coefficient (Wildman–Crippen LogP) is 0.200. The Morgan fingerprint density at radius 1 is 1.47 bits per heavy atom. The molecule has 1 aromatic heterocycles. The summed E-state index contributed by atoms with van der Waals surface area (Å²) in [5.41, 5.74) is 5.75. The third-order valence-electron chi connectivity index (χ3n) is 3.05. The number of morpholine rings is 1. The molecule has 1 aliphatic heterocycles. The van der Waals surface area contributed by atoms with Crippen LogP contribution < -0.4 is 15.8 Å². The van der Waals surface area contributed by atoms with Gasteiger partial charge in [-0.15, -0.1) is 0 Å². The summed E-state index contributed by atoms with van der Waals surface area (Å²) in [5.74, 6) is 1.48. The molecule has 1 saturated heterocycles. The van der Waals surface area contributed by atoms with E-state index in [0.717, 1.165) is 32.8 Å². The third kappa shape index (κ3) is 3.68. The van der Waals surface area contributed by atoms with E-state index in [2.05, 4.69) is 27.1 Å². The minimum Gasteiger partial charge on any atom is -0.490 e. The second kappa shape index (κ2) is 6.53. The normalized spacial score (nSPS) is 18.0. The van der Waals surface area contributed by atoms with Crippen molar-refractivity contribution in [2.24, 2.45) is 0 Å². The molecule has 0 aromatic carbocycles.